The van der Waals surface area contributed by atoms with E-state index >= 15 is 0 Å². The molecule has 0 atom stereocenters. The molecule has 0 unspecified atom stereocenters. The Morgan fingerprint density at radius 3 is 1.79 bits per heavy atom. The van der Waals surface area contributed by atoms with Crippen LogP contribution in [0.1, 0.15) is 84.0 Å². The van der Waals surface area contributed by atoms with Gasteiger partial charge in [0.2, 0.25) is 5.91 Å². The monoisotopic (exact) mass is 271 g/mol. The maximum atomic E-state index is 11.3. The highest BCUT2D eigenvalue weighted by Crippen LogP contribution is 2.11. The van der Waals surface area contributed by atoms with Gasteiger partial charge in [0.1, 0.15) is 6.73 Å². The second-order valence-electron chi connectivity index (χ2n) is 5.32. The number of hydrogen-bond donors (Lipinski definition) is 1. The summed E-state index contributed by atoms with van der Waals surface area (Å²) in [4.78, 5) is 11.3. The molecule has 3 heteroatoms. The zero-order chi connectivity index (χ0) is 14.2. The summed E-state index contributed by atoms with van der Waals surface area (Å²) < 4.78 is 4.79. The fourth-order valence-corrected chi connectivity index (χ4v) is 2.19. The molecule has 1 N–H and O–H groups in total. The molecule has 1 amide bonds. The first-order valence-corrected chi connectivity index (χ1v) is 8.07. The summed E-state index contributed by atoms with van der Waals surface area (Å²) in [5.74, 6) is 0.109. The third kappa shape index (κ3) is 15.4. The van der Waals surface area contributed by atoms with E-state index in [1.54, 1.807) is 7.11 Å². The van der Waals surface area contributed by atoms with E-state index in [-0.39, 0.29) is 5.91 Å². The molecule has 0 saturated carbocycles. The lowest BCUT2D eigenvalue weighted by molar-refractivity contribution is -0.122. The van der Waals surface area contributed by atoms with Crippen LogP contribution >= 0.6 is 0 Å². The molecule has 0 rings (SSSR count). The normalized spacial score (nSPS) is 10.6. The van der Waals surface area contributed by atoms with Gasteiger partial charge in [-0.15, -0.1) is 0 Å². The highest BCUT2D eigenvalue weighted by atomic mass is 16.5. The van der Waals surface area contributed by atoms with Crippen LogP contribution in [0.15, 0.2) is 0 Å². The van der Waals surface area contributed by atoms with Gasteiger partial charge in [-0.1, -0.05) is 71.1 Å². The van der Waals surface area contributed by atoms with Crippen molar-refractivity contribution in [3.05, 3.63) is 0 Å². The van der Waals surface area contributed by atoms with Crippen molar-refractivity contribution in [2.24, 2.45) is 0 Å². The van der Waals surface area contributed by atoms with Gasteiger partial charge in [0.05, 0.1) is 0 Å². The van der Waals surface area contributed by atoms with Crippen LogP contribution < -0.4 is 5.32 Å². The minimum atomic E-state index is 0.109. The van der Waals surface area contributed by atoms with E-state index in [4.69, 9.17) is 4.74 Å². The van der Waals surface area contributed by atoms with Crippen LogP contribution in [-0.4, -0.2) is 19.7 Å². The second kappa shape index (κ2) is 15.5. The molecule has 19 heavy (non-hydrogen) atoms. The average Bonchev–Trinajstić information content (AvgIpc) is 2.42. The van der Waals surface area contributed by atoms with Crippen molar-refractivity contribution in [1.29, 1.82) is 0 Å². The van der Waals surface area contributed by atoms with Gasteiger partial charge in [-0.25, -0.2) is 0 Å². The highest BCUT2D eigenvalue weighted by molar-refractivity contribution is 5.75. The number of carbonyl (C=O) groups is 1. The Balaban J connectivity index is 3.04. The topological polar surface area (TPSA) is 38.3 Å². The Morgan fingerprint density at radius 2 is 1.32 bits per heavy atom. The molecule has 0 aliphatic carbocycles. The van der Waals surface area contributed by atoms with Gasteiger partial charge < -0.3 is 10.1 Å². The van der Waals surface area contributed by atoms with Crippen molar-refractivity contribution >= 4 is 5.91 Å². The van der Waals surface area contributed by atoms with Crippen molar-refractivity contribution in [1.82, 2.24) is 5.32 Å². The van der Waals surface area contributed by atoms with Crippen LogP contribution in [-0.2, 0) is 9.53 Å². The molecule has 0 heterocycles. The maximum Gasteiger partial charge on any atom is 0.221 e. The Hall–Kier alpha value is -0.570. The molecule has 0 aromatic heterocycles. The molecule has 0 aliphatic rings. The number of amides is 1. The van der Waals surface area contributed by atoms with Gasteiger partial charge in [-0.2, -0.15) is 0 Å². The SMILES string of the molecule is CCCCCCCCCCCCCC(=O)NCOC. The molecule has 0 aliphatic heterocycles. The molecule has 0 saturated heterocycles. The second-order valence-corrected chi connectivity index (χ2v) is 5.32. The van der Waals surface area contributed by atoms with Crippen molar-refractivity contribution in [3.8, 4) is 0 Å². The molecular formula is C16H33NO2. The number of ether oxygens (including phenoxy) is 1. The minimum Gasteiger partial charge on any atom is -0.364 e. The molecule has 0 aromatic rings. The van der Waals surface area contributed by atoms with Crippen molar-refractivity contribution in [2.75, 3.05) is 13.8 Å². The standard InChI is InChI=1S/C16H33NO2/c1-3-4-5-6-7-8-9-10-11-12-13-14-16(18)17-15-19-2/h3-15H2,1-2H3,(H,17,18). The molecule has 0 radical (unpaired) electrons. The fourth-order valence-electron chi connectivity index (χ4n) is 2.19. The van der Waals surface area contributed by atoms with Crippen LogP contribution in [0, 0.1) is 0 Å². The van der Waals surface area contributed by atoms with Crippen LogP contribution in [0.3, 0.4) is 0 Å². The molecule has 0 spiro atoms. The van der Waals surface area contributed by atoms with Gasteiger partial charge in [-0.05, 0) is 6.42 Å². The minimum absolute atomic E-state index is 0.109. The van der Waals surface area contributed by atoms with Crippen LogP contribution in [0.4, 0.5) is 0 Å². The first kappa shape index (κ1) is 18.4. The quantitative estimate of drug-likeness (QED) is 0.375. The van der Waals surface area contributed by atoms with E-state index in [2.05, 4.69) is 12.2 Å². The predicted molar refractivity (Wildman–Crippen MR) is 81.1 cm³/mol. The number of rotatable bonds is 14. The lowest BCUT2D eigenvalue weighted by Crippen LogP contribution is -2.24. The molecule has 114 valence electrons. The summed E-state index contributed by atoms with van der Waals surface area (Å²) in [6.07, 6.45) is 15.1. The van der Waals surface area contributed by atoms with Gasteiger partial charge >= 0.3 is 0 Å². The number of methoxy groups -OCH3 is 1. The van der Waals surface area contributed by atoms with E-state index in [1.165, 1.54) is 64.2 Å². The number of unbranched alkanes of at least 4 members (excludes halogenated alkanes) is 10. The van der Waals surface area contributed by atoms with Crippen molar-refractivity contribution in [2.45, 2.75) is 84.0 Å². The summed E-state index contributed by atoms with van der Waals surface area (Å²) in [5.41, 5.74) is 0. The van der Waals surface area contributed by atoms with Crippen molar-refractivity contribution < 1.29 is 9.53 Å². The van der Waals surface area contributed by atoms with Crippen LogP contribution in [0.2, 0.25) is 0 Å². The maximum absolute atomic E-state index is 11.3. The van der Waals surface area contributed by atoms with E-state index in [0.29, 0.717) is 13.2 Å². The van der Waals surface area contributed by atoms with E-state index < -0.39 is 0 Å². The Labute approximate surface area is 119 Å². The van der Waals surface area contributed by atoms with E-state index in [0.717, 1.165) is 6.42 Å². The smallest absolute Gasteiger partial charge is 0.221 e. The zero-order valence-electron chi connectivity index (χ0n) is 13.0. The first-order valence-electron chi connectivity index (χ1n) is 8.07. The summed E-state index contributed by atoms with van der Waals surface area (Å²) >= 11 is 0. The van der Waals surface area contributed by atoms with Crippen molar-refractivity contribution in [3.63, 3.8) is 0 Å². The van der Waals surface area contributed by atoms with E-state index in [9.17, 15) is 4.79 Å². The summed E-state index contributed by atoms with van der Waals surface area (Å²) in [6, 6.07) is 0. The largest absolute Gasteiger partial charge is 0.364 e. The Bertz CT molecular complexity index is 195. The highest BCUT2D eigenvalue weighted by Gasteiger charge is 1.99. The number of carbonyl (C=O) groups excluding carboxylic acids is 1. The Morgan fingerprint density at radius 1 is 0.842 bits per heavy atom. The third-order valence-corrected chi connectivity index (χ3v) is 3.42. The molecule has 0 bridgehead atoms. The fraction of sp³-hybridized carbons (Fsp3) is 0.938. The third-order valence-electron chi connectivity index (χ3n) is 3.42. The lowest BCUT2D eigenvalue weighted by Gasteiger charge is -2.04. The lowest BCUT2D eigenvalue weighted by atomic mass is 10.1. The Kier molecular flexibility index (Phi) is 15.0. The predicted octanol–water partition coefficient (Wildman–Crippen LogP) is 4.41. The number of hydrogen-bond acceptors (Lipinski definition) is 2. The molecule has 0 aromatic carbocycles. The van der Waals surface area contributed by atoms with Crippen LogP contribution in [0.25, 0.3) is 0 Å². The summed E-state index contributed by atoms with van der Waals surface area (Å²) in [6.45, 7) is 2.59. The molecular weight excluding hydrogens is 238 g/mol. The average molecular weight is 271 g/mol. The zero-order valence-corrected chi connectivity index (χ0v) is 13.0. The summed E-state index contributed by atoms with van der Waals surface area (Å²) in [5, 5.41) is 2.71. The van der Waals surface area contributed by atoms with Crippen LogP contribution in [0.5, 0.6) is 0 Å². The first-order chi connectivity index (χ1) is 9.31. The summed E-state index contributed by atoms with van der Waals surface area (Å²) in [7, 11) is 1.59. The van der Waals surface area contributed by atoms with Gasteiger partial charge in [-0.3, -0.25) is 4.79 Å². The van der Waals surface area contributed by atoms with Gasteiger partial charge in [0, 0.05) is 13.5 Å². The van der Waals surface area contributed by atoms with E-state index in [1.807, 2.05) is 0 Å². The molecule has 3 nitrogen and oxygen atoms in total. The van der Waals surface area contributed by atoms with Gasteiger partial charge in [0.25, 0.3) is 0 Å². The van der Waals surface area contributed by atoms with Gasteiger partial charge in [0.15, 0.2) is 0 Å². The molecule has 0 fully saturated rings. The number of nitrogens with one attached hydrogen (secondary N) is 1.